The molecule has 0 saturated carbocycles. The summed E-state index contributed by atoms with van der Waals surface area (Å²) in [5.41, 5.74) is 8.97. The average molecular weight is 352 g/mol. The summed E-state index contributed by atoms with van der Waals surface area (Å²) in [6, 6.07) is 9.47. The fourth-order valence-corrected chi connectivity index (χ4v) is 2.73. The molecule has 0 radical (unpaired) electrons. The van der Waals surface area contributed by atoms with Crippen LogP contribution in [0.15, 0.2) is 55.1 Å². The smallest absolute Gasteiger partial charge is 0.223 e. The Balaban J connectivity index is 1.63. The van der Waals surface area contributed by atoms with Gasteiger partial charge in [-0.05, 0) is 17.7 Å². The van der Waals surface area contributed by atoms with Gasteiger partial charge in [0.15, 0.2) is 11.5 Å². The Bertz CT molecular complexity index is 1040. The van der Waals surface area contributed by atoms with Crippen molar-refractivity contribution < 1.29 is 0 Å². The van der Waals surface area contributed by atoms with Crippen LogP contribution in [0.2, 0.25) is 5.02 Å². The van der Waals surface area contributed by atoms with E-state index < -0.39 is 0 Å². The summed E-state index contributed by atoms with van der Waals surface area (Å²) in [6.45, 7) is 0.535. The van der Waals surface area contributed by atoms with Gasteiger partial charge in [0.25, 0.3) is 0 Å². The standard InChI is InChI=1S/C17H14ClN7/c18-12-4-2-1-3-11(12)9-23-17-21-6-5-13(24-17)14-10-22-16-15(19)20-7-8-25(14)16/h1-8,10H,9H2,(H2,19,20)(H,21,23,24). The number of fused-ring (bicyclic) bond motifs is 1. The second-order valence-electron chi connectivity index (χ2n) is 5.36. The van der Waals surface area contributed by atoms with E-state index in [0.29, 0.717) is 29.0 Å². The summed E-state index contributed by atoms with van der Waals surface area (Å²) in [4.78, 5) is 17.2. The van der Waals surface area contributed by atoms with Crippen LogP contribution in [0.25, 0.3) is 17.0 Å². The maximum absolute atomic E-state index is 6.17. The first kappa shape index (κ1) is 15.3. The molecule has 0 bridgehead atoms. The molecule has 0 aliphatic heterocycles. The molecule has 3 N–H and O–H groups in total. The molecule has 4 aromatic rings. The van der Waals surface area contributed by atoms with Crippen molar-refractivity contribution in [2.45, 2.75) is 6.54 Å². The first-order valence-electron chi connectivity index (χ1n) is 7.60. The summed E-state index contributed by atoms with van der Waals surface area (Å²) < 4.78 is 1.85. The fraction of sp³-hybridized carbons (Fsp3) is 0.0588. The third kappa shape index (κ3) is 2.97. The number of imidazole rings is 1. The Morgan fingerprint density at radius 1 is 1.08 bits per heavy atom. The van der Waals surface area contributed by atoms with Crippen LogP contribution < -0.4 is 11.1 Å². The zero-order chi connectivity index (χ0) is 17.2. The number of hydrogen-bond donors (Lipinski definition) is 2. The monoisotopic (exact) mass is 351 g/mol. The number of halogens is 1. The minimum atomic E-state index is 0.375. The molecule has 0 atom stereocenters. The molecular formula is C17H14ClN7. The van der Waals surface area contributed by atoms with Crippen molar-refractivity contribution in [2.24, 2.45) is 0 Å². The van der Waals surface area contributed by atoms with Crippen LogP contribution in [0.3, 0.4) is 0 Å². The number of benzene rings is 1. The molecule has 0 aliphatic rings. The summed E-state index contributed by atoms with van der Waals surface area (Å²) in [7, 11) is 0. The quantitative estimate of drug-likeness (QED) is 0.587. The largest absolute Gasteiger partial charge is 0.381 e. The molecular weight excluding hydrogens is 338 g/mol. The normalized spacial score (nSPS) is 10.9. The minimum Gasteiger partial charge on any atom is -0.381 e. The summed E-state index contributed by atoms with van der Waals surface area (Å²) in [6.07, 6.45) is 6.84. The number of aromatic nitrogens is 5. The Labute approximate surface area is 148 Å². The van der Waals surface area contributed by atoms with E-state index in [9.17, 15) is 0 Å². The van der Waals surface area contributed by atoms with E-state index in [0.717, 1.165) is 17.0 Å². The molecule has 3 aromatic heterocycles. The van der Waals surface area contributed by atoms with Gasteiger partial charge in [0.1, 0.15) is 0 Å². The molecule has 4 rings (SSSR count). The van der Waals surface area contributed by atoms with Gasteiger partial charge in [-0.1, -0.05) is 29.8 Å². The van der Waals surface area contributed by atoms with Crippen molar-refractivity contribution >= 4 is 29.0 Å². The first-order valence-corrected chi connectivity index (χ1v) is 7.98. The Kier molecular flexibility index (Phi) is 3.91. The molecule has 0 spiro atoms. The van der Waals surface area contributed by atoms with Crippen molar-refractivity contribution in [3.05, 3.63) is 65.7 Å². The number of hydrogen-bond acceptors (Lipinski definition) is 6. The van der Waals surface area contributed by atoms with Gasteiger partial charge >= 0.3 is 0 Å². The molecule has 8 heteroatoms. The molecule has 0 unspecified atom stereocenters. The number of anilines is 2. The highest BCUT2D eigenvalue weighted by atomic mass is 35.5. The van der Waals surface area contributed by atoms with E-state index >= 15 is 0 Å². The Morgan fingerprint density at radius 2 is 1.96 bits per heavy atom. The summed E-state index contributed by atoms with van der Waals surface area (Å²) >= 11 is 6.17. The van der Waals surface area contributed by atoms with Crippen LogP contribution in [-0.2, 0) is 6.54 Å². The van der Waals surface area contributed by atoms with Gasteiger partial charge in [0.05, 0.1) is 17.6 Å². The fourth-order valence-electron chi connectivity index (χ4n) is 2.53. The van der Waals surface area contributed by atoms with E-state index in [1.165, 1.54) is 0 Å². The number of nitrogens with one attached hydrogen (secondary N) is 1. The average Bonchev–Trinajstić information content (AvgIpc) is 3.07. The lowest BCUT2D eigenvalue weighted by molar-refractivity contribution is 1.05. The van der Waals surface area contributed by atoms with Gasteiger partial charge in [-0.25, -0.2) is 19.9 Å². The van der Waals surface area contributed by atoms with Crippen LogP contribution in [0.1, 0.15) is 5.56 Å². The maximum Gasteiger partial charge on any atom is 0.223 e. The van der Waals surface area contributed by atoms with E-state index in [1.807, 2.05) is 34.7 Å². The lowest BCUT2D eigenvalue weighted by Crippen LogP contribution is -2.05. The molecule has 0 amide bonds. The molecule has 3 heterocycles. The van der Waals surface area contributed by atoms with Crippen LogP contribution >= 0.6 is 11.6 Å². The van der Waals surface area contributed by atoms with Gasteiger partial charge in [-0.15, -0.1) is 0 Å². The molecule has 0 aliphatic carbocycles. The lowest BCUT2D eigenvalue weighted by atomic mass is 10.2. The Morgan fingerprint density at radius 3 is 2.84 bits per heavy atom. The highest BCUT2D eigenvalue weighted by Gasteiger charge is 2.10. The molecule has 0 fully saturated rings. The van der Waals surface area contributed by atoms with E-state index in [4.69, 9.17) is 17.3 Å². The Hall–Kier alpha value is -3.19. The SMILES string of the molecule is Nc1nccn2c(-c3ccnc(NCc4ccccc4Cl)n3)cnc12. The van der Waals surface area contributed by atoms with Crippen LogP contribution in [-0.4, -0.2) is 24.3 Å². The zero-order valence-electron chi connectivity index (χ0n) is 13.1. The number of nitrogens with two attached hydrogens (primary N) is 1. The third-order valence-corrected chi connectivity index (χ3v) is 4.14. The number of rotatable bonds is 4. The number of nitrogens with zero attached hydrogens (tertiary/aromatic N) is 5. The van der Waals surface area contributed by atoms with Gasteiger partial charge in [0, 0.05) is 30.2 Å². The van der Waals surface area contributed by atoms with E-state index in [1.54, 1.807) is 24.8 Å². The molecule has 1 aromatic carbocycles. The predicted molar refractivity (Wildman–Crippen MR) is 97.2 cm³/mol. The van der Waals surface area contributed by atoms with Gasteiger partial charge < -0.3 is 11.1 Å². The zero-order valence-corrected chi connectivity index (χ0v) is 13.9. The van der Waals surface area contributed by atoms with Crippen molar-refractivity contribution in [1.29, 1.82) is 0 Å². The molecule has 0 saturated heterocycles. The first-order chi connectivity index (χ1) is 12.2. The third-order valence-electron chi connectivity index (χ3n) is 3.77. The van der Waals surface area contributed by atoms with Gasteiger partial charge in [-0.2, -0.15) is 0 Å². The van der Waals surface area contributed by atoms with E-state index in [2.05, 4.69) is 25.3 Å². The van der Waals surface area contributed by atoms with Crippen LogP contribution in [0.5, 0.6) is 0 Å². The van der Waals surface area contributed by atoms with Crippen LogP contribution in [0.4, 0.5) is 11.8 Å². The highest BCUT2D eigenvalue weighted by Crippen LogP contribution is 2.21. The topological polar surface area (TPSA) is 94.0 Å². The van der Waals surface area contributed by atoms with E-state index in [-0.39, 0.29) is 0 Å². The maximum atomic E-state index is 6.17. The van der Waals surface area contributed by atoms with Crippen LogP contribution in [0, 0.1) is 0 Å². The second-order valence-corrected chi connectivity index (χ2v) is 5.77. The molecule has 25 heavy (non-hydrogen) atoms. The van der Waals surface area contributed by atoms with Gasteiger partial charge in [-0.3, -0.25) is 4.40 Å². The van der Waals surface area contributed by atoms with Crippen molar-refractivity contribution in [1.82, 2.24) is 24.3 Å². The number of nitrogen functional groups attached to an aromatic ring is 1. The van der Waals surface area contributed by atoms with Gasteiger partial charge in [0.2, 0.25) is 5.95 Å². The van der Waals surface area contributed by atoms with Crippen molar-refractivity contribution in [2.75, 3.05) is 11.1 Å². The predicted octanol–water partition coefficient (Wildman–Crippen LogP) is 3.03. The minimum absolute atomic E-state index is 0.375. The molecule has 124 valence electrons. The van der Waals surface area contributed by atoms with Crippen molar-refractivity contribution in [3.8, 4) is 11.4 Å². The lowest BCUT2D eigenvalue weighted by Gasteiger charge is -2.08. The van der Waals surface area contributed by atoms with Crippen molar-refractivity contribution in [3.63, 3.8) is 0 Å². The highest BCUT2D eigenvalue weighted by molar-refractivity contribution is 6.31. The summed E-state index contributed by atoms with van der Waals surface area (Å²) in [5, 5.41) is 3.89. The molecule has 7 nitrogen and oxygen atoms in total. The second kappa shape index (κ2) is 6.37. The summed E-state index contributed by atoms with van der Waals surface area (Å²) in [5.74, 6) is 0.884.